The normalized spacial score (nSPS) is 10.7. The van der Waals surface area contributed by atoms with Gasteiger partial charge in [0, 0.05) is 29.9 Å². The molecule has 3 rings (SSSR count). The van der Waals surface area contributed by atoms with Crippen molar-refractivity contribution in [2.24, 2.45) is 7.05 Å². The fourth-order valence-corrected chi connectivity index (χ4v) is 3.04. The predicted octanol–water partition coefficient (Wildman–Crippen LogP) is 4.29. The van der Waals surface area contributed by atoms with Gasteiger partial charge in [-0.2, -0.15) is 5.10 Å². The lowest BCUT2D eigenvalue weighted by molar-refractivity contribution is 0.771. The summed E-state index contributed by atoms with van der Waals surface area (Å²) in [6, 6.07) is 13.7. The summed E-state index contributed by atoms with van der Waals surface area (Å²) in [5.74, 6) is 0. The van der Waals surface area contributed by atoms with Crippen molar-refractivity contribution in [3.8, 4) is 11.3 Å². The summed E-state index contributed by atoms with van der Waals surface area (Å²) in [6.45, 7) is 0. The highest BCUT2D eigenvalue weighted by molar-refractivity contribution is 7.99. The maximum Gasteiger partial charge on any atom is 0.101 e. The van der Waals surface area contributed by atoms with Crippen molar-refractivity contribution >= 4 is 23.4 Å². The van der Waals surface area contributed by atoms with Crippen molar-refractivity contribution in [3.63, 3.8) is 0 Å². The first-order valence-electron chi connectivity index (χ1n) is 6.11. The molecule has 2 aromatic heterocycles. The Hall–Kier alpha value is -1.78. The van der Waals surface area contributed by atoms with Gasteiger partial charge in [0.05, 0.1) is 10.7 Å². The van der Waals surface area contributed by atoms with Gasteiger partial charge in [0.2, 0.25) is 0 Å². The van der Waals surface area contributed by atoms with Gasteiger partial charge in [-0.05, 0) is 24.3 Å². The third-order valence-corrected chi connectivity index (χ3v) is 4.34. The van der Waals surface area contributed by atoms with Crippen LogP contribution in [0.1, 0.15) is 0 Å². The second-order valence-electron chi connectivity index (χ2n) is 4.26. The van der Waals surface area contributed by atoms with Crippen LogP contribution in [0.3, 0.4) is 0 Å². The average Bonchev–Trinajstić information content (AvgIpc) is 2.89. The standard InChI is InChI=1S/C15H12ClN3S/c1-19-10-8-12(18-19)11-5-4-6-13(15(11)16)20-14-7-2-3-9-17-14/h2-10H,1H3. The number of halogens is 1. The van der Waals surface area contributed by atoms with E-state index in [0.29, 0.717) is 5.02 Å². The summed E-state index contributed by atoms with van der Waals surface area (Å²) in [5, 5.41) is 6.03. The second kappa shape index (κ2) is 5.69. The van der Waals surface area contributed by atoms with Gasteiger partial charge in [-0.15, -0.1) is 0 Å². The van der Waals surface area contributed by atoms with E-state index in [-0.39, 0.29) is 0 Å². The molecule has 0 atom stereocenters. The summed E-state index contributed by atoms with van der Waals surface area (Å²) < 4.78 is 1.77. The molecule has 5 heteroatoms. The molecule has 0 saturated carbocycles. The van der Waals surface area contributed by atoms with Crippen LogP contribution in [0.2, 0.25) is 5.02 Å². The SMILES string of the molecule is Cn1ccc(-c2cccc(Sc3ccccn3)c2Cl)n1. The van der Waals surface area contributed by atoms with Crippen LogP contribution < -0.4 is 0 Å². The summed E-state index contributed by atoms with van der Waals surface area (Å²) in [5.41, 5.74) is 1.81. The Morgan fingerprint density at radius 1 is 1.10 bits per heavy atom. The Morgan fingerprint density at radius 2 is 2.00 bits per heavy atom. The third-order valence-electron chi connectivity index (χ3n) is 2.81. The molecule has 3 aromatic rings. The highest BCUT2D eigenvalue weighted by Gasteiger charge is 2.11. The summed E-state index contributed by atoms with van der Waals surface area (Å²) in [7, 11) is 1.89. The maximum absolute atomic E-state index is 6.50. The van der Waals surface area contributed by atoms with Gasteiger partial charge in [0.15, 0.2) is 0 Å². The zero-order chi connectivity index (χ0) is 13.9. The molecule has 0 saturated heterocycles. The van der Waals surface area contributed by atoms with Gasteiger partial charge in [0.25, 0.3) is 0 Å². The van der Waals surface area contributed by atoms with E-state index < -0.39 is 0 Å². The second-order valence-corrected chi connectivity index (χ2v) is 5.70. The van der Waals surface area contributed by atoms with Crippen LogP contribution in [0.4, 0.5) is 0 Å². The molecule has 3 nitrogen and oxygen atoms in total. The smallest absolute Gasteiger partial charge is 0.101 e. The third kappa shape index (κ3) is 2.71. The van der Waals surface area contributed by atoms with Crippen LogP contribution in [-0.4, -0.2) is 14.8 Å². The zero-order valence-electron chi connectivity index (χ0n) is 10.8. The Bertz CT molecular complexity index is 725. The van der Waals surface area contributed by atoms with E-state index in [4.69, 9.17) is 11.6 Å². The molecule has 0 bridgehead atoms. The molecule has 20 heavy (non-hydrogen) atoms. The van der Waals surface area contributed by atoms with Gasteiger partial charge < -0.3 is 0 Å². The van der Waals surface area contributed by atoms with E-state index >= 15 is 0 Å². The van der Waals surface area contributed by atoms with Gasteiger partial charge in [-0.3, -0.25) is 4.68 Å². The Morgan fingerprint density at radius 3 is 2.70 bits per heavy atom. The molecule has 0 radical (unpaired) electrons. The van der Waals surface area contributed by atoms with Crippen LogP contribution in [0.25, 0.3) is 11.3 Å². The average molecular weight is 302 g/mol. The molecule has 0 aliphatic carbocycles. The molecular formula is C15H12ClN3S. The monoisotopic (exact) mass is 301 g/mol. The number of hydrogen-bond acceptors (Lipinski definition) is 3. The van der Waals surface area contributed by atoms with E-state index in [2.05, 4.69) is 10.1 Å². The van der Waals surface area contributed by atoms with Crippen LogP contribution in [-0.2, 0) is 7.05 Å². The maximum atomic E-state index is 6.50. The number of hydrogen-bond donors (Lipinski definition) is 0. The van der Waals surface area contributed by atoms with Gasteiger partial charge in [0.1, 0.15) is 5.03 Å². The number of benzene rings is 1. The van der Waals surface area contributed by atoms with Crippen molar-refractivity contribution < 1.29 is 0 Å². The summed E-state index contributed by atoms with van der Waals surface area (Å²) in [4.78, 5) is 5.29. The molecule has 0 amide bonds. The topological polar surface area (TPSA) is 30.7 Å². The Labute approximate surface area is 126 Å². The molecule has 0 aliphatic heterocycles. The number of aromatic nitrogens is 3. The molecular weight excluding hydrogens is 290 g/mol. The van der Waals surface area contributed by atoms with Crippen molar-refractivity contribution in [3.05, 3.63) is 59.9 Å². The van der Waals surface area contributed by atoms with Crippen molar-refractivity contribution in [2.45, 2.75) is 9.92 Å². The van der Waals surface area contributed by atoms with E-state index in [9.17, 15) is 0 Å². The zero-order valence-corrected chi connectivity index (χ0v) is 12.4. The van der Waals surface area contributed by atoms with Gasteiger partial charge in [-0.1, -0.05) is 41.6 Å². The van der Waals surface area contributed by atoms with Crippen molar-refractivity contribution in [2.75, 3.05) is 0 Å². The minimum atomic E-state index is 0.710. The molecule has 100 valence electrons. The number of aryl methyl sites for hydroxylation is 1. The molecule has 0 fully saturated rings. The first kappa shape index (κ1) is 13.2. The lowest BCUT2D eigenvalue weighted by atomic mass is 10.1. The van der Waals surface area contributed by atoms with Crippen LogP contribution >= 0.6 is 23.4 Å². The number of pyridine rings is 1. The van der Waals surface area contributed by atoms with E-state index in [1.54, 1.807) is 22.6 Å². The van der Waals surface area contributed by atoms with Crippen LogP contribution in [0.5, 0.6) is 0 Å². The molecule has 0 unspecified atom stereocenters. The van der Waals surface area contributed by atoms with E-state index in [1.807, 2.05) is 55.7 Å². The summed E-state index contributed by atoms with van der Waals surface area (Å²) >= 11 is 8.06. The molecule has 1 aromatic carbocycles. The predicted molar refractivity (Wildman–Crippen MR) is 82.0 cm³/mol. The Kier molecular flexibility index (Phi) is 3.76. The van der Waals surface area contributed by atoms with Crippen LogP contribution in [0, 0.1) is 0 Å². The highest BCUT2D eigenvalue weighted by Crippen LogP contribution is 2.37. The lowest BCUT2D eigenvalue weighted by Gasteiger charge is -2.07. The number of rotatable bonds is 3. The lowest BCUT2D eigenvalue weighted by Crippen LogP contribution is -1.89. The quantitative estimate of drug-likeness (QED) is 0.723. The molecule has 0 aliphatic rings. The first-order valence-corrected chi connectivity index (χ1v) is 7.31. The minimum Gasteiger partial charge on any atom is -0.275 e. The fourth-order valence-electron chi connectivity index (χ4n) is 1.87. The number of nitrogens with zero attached hydrogens (tertiary/aromatic N) is 3. The fraction of sp³-hybridized carbons (Fsp3) is 0.0667. The van der Waals surface area contributed by atoms with Crippen molar-refractivity contribution in [1.82, 2.24) is 14.8 Å². The van der Waals surface area contributed by atoms with Crippen LogP contribution in [0.15, 0.2) is 64.8 Å². The van der Waals surface area contributed by atoms with Crippen molar-refractivity contribution in [1.29, 1.82) is 0 Å². The van der Waals surface area contributed by atoms with E-state index in [1.165, 1.54) is 0 Å². The first-order chi connectivity index (χ1) is 9.74. The Balaban J connectivity index is 1.97. The van der Waals surface area contributed by atoms with Gasteiger partial charge >= 0.3 is 0 Å². The minimum absolute atomic E-state index is 0.710. The van der Waals surface area contributed by atoms with E-state index in [0.717, 1.165) is 21.2 Å². The summed E-state index contributed by atoms with van der Waals surface area (Å²) in [6.07, 6.45) is 3.68. The highest BCUT2D eigenvalue weighted by atomic mass is 35.5. The largest absolute Gasteiger partial charge is 0.275 e. The molecule has 0 spiro atoms. The molecule has 0 N–H and O–H groups in total. The molecule has 2 heterocycles. The van der Waals surface area contributed by atoms with Gasteiger partial charge in [-0.25, -0.2) is 4.98 Å².